The van der Waals surface area contributed by atoms with E-state index >= 15 is 0 Å². The van der Waals surface area contributed by atoms with Crippen molar-refractivity contribution < 1.29 is 13.9 Å². The first-order chi connectivity index (χ1) is 14.0. The molecule has 0 spiro atoms. The molecule has 29 heavy (non-hydrogen) atoms. The highest BCUT2D eigenvalue weighted by atomic mass is 35.5. The molecule has 0 bridgehead atoms. The number of benzene rings is 1. The van der Waals surface area contributed by atoms with Crippen LogP contribution in [0.3, 0.4) is 0 Å². The van der Waals surface area contributed by atoms with Crippen LogP contribution in [0.25, 0.3) is 21.9 Å². The third kappa shape index (κ3) is 3.05. The molecule has 1 aliphatic rings. The second kappa shape index (κ2) is 6.49. The normalized spacial score (nSPS) is 16.2. The van der Waals surface area contributed by atoms with E-state index in [9.17, 15) is 9.59 Å². The van der Waals surface area contributed by atoms with Crippen molar-refractivity contribution >= 4 is 45.1 Å². The number of nitrogens with one attached hydrogen (secondary N) is 3. The molecular formula is C19H14ClN5O4. The molecule has 3 aromatic heterocycles. The third-order valence-corrected chi connectivity index (χ3v) is 4.77. The predicted octanol–water partition coefficient (Wildman–Crippen LogP) is 3.05. The molecule has 0 saturated carbocycles. The predicted molar refractivity (Wildman–Crippen MR) is 107 cm³/mol. The lowest BCUT2D eigenvalue weighted by atomic mass is 10.1. The maximum absolute atomic E-state index is 12.4. The van der Waals surface area contributed by atoms with Crippen LogP contribution >= 0.6 is 11.6 Å². The number of pyridine rings is 1. The largest absolute Gasteiger partial charge is 0.449 e. The van der Waals surface area contributed by atoms with Gasteiger partial charge in [-0.3, -0.25) is 9.78 Å². The van der Waals surface area contributed by atoms with E-state index in [4.69, 9.17) is 20.8 Å². The van der Waals surface area contributed by atoms with Crippen molar-refractivity contribution in [1.82, 2.24) is 20.3 Å². The Labute approximate surface area is 168 Å². The van der Waals surface area contributed by atoms with Crippen LogP contribution in [-0.4, -0.2) is 33.4 Å². The fraction of sp³-hybridized carbons (Fsp3) is 0.158. The van der Waals surface area contributed by atoms with Crippen LogP contribution in [0.4, 0.5) is 5.69 Å². The van der Waals surface area contributed by atoms with E-state index in [1.54, 1.807) is 18.2 Å². The molecule has 4 aromatic rings. The zero-order valence-corrected chi connectivity index (χ0v) is 15.8. The van der Waals surface area contributed by atoms with Crippen LogP contribution < -0.4 is 21.1 Å². The smallest absolute Gasteiger partial charge is 0.349 e. The van der Waals surface area contributed by atoms with Crippen LogP contribution in [0.1, 0.15) is 17.5 Å². The van der Waals surface area contributed by atoms with Gasteiger partial charge in [0.1, 0.15) is 10.7 Å². The van der Waals surface area contributed by atoms with Gasteiger partial charge in [0.25, 0.3) is 5.91 Å². The number of amides is 1. The molecule has 9 nitrogen and oxygen atoms in total. The highest BCUT2D eigenvalue weighted by Gasteiger charge is 2.26. The molecule has 3 N–H and O–H groups in total. The van der Waals surface area contributed by atoms with Gasteiger partial charge in [-0.2, -0.15) is 4.98 Å². The molecule has 1 aliphatic heterocycles. The van der Waals surface area contributed by atoms with Crippen molar-refractivity contribution in [2.75, 3.05) is 11.9 Å². The van der Waals surface area contributed by atoms with Gasteiger partial charge in [-0.05, 0) is 25.1 Å². The van der Waals surface area contributed by atoms with Crippen molar-refractivity contribution in [3.05, 3.63) is 51.7 Å². The summed E-state index contributed by atoms with van der Waals surface area (Å²) in [4.78, 5) is 34.4. The molecule has 0 radical (unpaired) electrons. The summed E-state index contributed by atoms with van der Waals surface area (Å²) in [6.45, 7) is 2.49. The zero-order chi connectivity index (χ0) is 20.1. The number of halogens is 1. The number of H-pyrrole nitrogens is 1. The van der Waals surface area contributed by atoms with E-state index in [2.05, 4.69) is 25.6 Å². The van der Waals surface area contributed by atoms with Gasteiger partial charge in [0.15, 0.2) is 0 Å². The molecule has 1 atom stereocenters. The van der Waals surface area contributed by atoms with E-state index in [-0.39, 0.29) is 34.6 Å². The van der Waals surface area contributed by atoms with Gasteiger partial charge in [-0.15, -0.1) is 0 Å². The molecule has 5 rings (SSSR count). The molecule has 0 saturated heterocycles. The summed E-state index contributed by atoms with van der Waals surface area (Å²) in [5.41, 5.74) is 1.24. The number of aromatic nitrogens is 3. The molecule has 1 unspecified atom stereocenters. The van der Waals surface area contributed by atoms with E-state index < -0.39 is 5.69 Å². The van der Waals surface area contributed by atoms with Gasteiger partial charge < -0.3 is 19.8 Å². The van der Waals surface area contributed by atoms with Crippen molar-refractivity contribution in [3.63, 3.8) is 0 Å². The summed E-state index contributed by atoms with van der Waals surface area (Å²) in [7, 11) is 0. The Balaban J connectivity index is 1.61. The number of anilines is 1. The van der Waals surface area contributed by atoms with Crippen molar-refractivity contribution in [1.29, 1.82) is 0 Å². The summed E-state index contributed by atoms with van der Waals surface area (Å²) >= 11 is 5.82. The fourth-order valence-corrected chi connectivity index (χ4v) is 3.50. The summed E-state index contributed by atoms with van der Waals surface area (Å²) in [5, 5.41) is 7.85. The summed E-state index contributed by atoms with van der Waals surface area (Å²) in [5.74, 6) is 0.280. The second-order valence-corrected chi connectivity index (χ2v) is 7.10. The fourth-order valence-electron chi connectivity index (χ4n) is 3.33. The molecule has 4 heterocycles. The molecule has 1 aromatic carbocycles. The molecule has 0 aliphatic carbocycles. The molecular weight excluding hydrogens is 398 g/mol. The third-order valence-electron chi connectivity index (χ3n) is 4.56. The number of carbonyl (C=O) groups is 1. The highest BCUT2D eigenvalue weighted by molar-refractivity contribution is 6.29. The number of aromatic amines is 1. The Kier molecular flexibility index (Phi) is 3.92. The Morgan fingerprint density at radius 2 is 2.03 bits per heavy atom. The first-order valence-corrected chi connectivity index (χ1v) is 9.21. The first kappa shape index (κ1) is 17.5. The lowest BCUT2D eigenvalue weighted by Crippen LogP contribution is -2.34. The van der Waals surface area contributed by atoms with E-state index in [1.165, 1.54) is 6.07 Å². The minimum atomic E-state index is -0.616. The van der Waals surface area contributed by atoms with Gasteiger partial charge in [0.05, 0.1) is 16.6 Å². The van der Waals surface area contributed by atoms with Crippen LogP contribution in [0.2, 0.25) is 5.15 Å². The number of hydrogen-bond acceptors (Lipinski definition) is 7. The number of rotatable bonds is 2. The quantitative estimate of drug-likeness (QED) is 0.433. The average molecular weight is 412 g/mol. The maximum Gasteiger partial charge on any atom is 0.349 e. The van der Waals surface area contributed by atoms with Gasteiger partial charge in [0.2, 0.25) is 17.5 Å². The second-order valence-electron chi connectivity index (χ2n) is 6.69. The topological polar surface area (TPSA) is 122 Å². The molecule has 1 amide bonds. The monoisotopic (exact) mass is 411 g/mol. The Bertz CT molecular complexity index is 1350. The number of carbonyl (C=O) groups excluding carboxylic acids is 1. The van der Waals surface area contributed by atoms with Crippen molar-refractivity contribution in [2.45, 2.75) is 13.0 Å². The van der Waals surface area contributed by atoms with Crippen molar-refractivity contribution in [3.8, 4) is 11.8 Å². The number of furan rings is 1. The lowest BCUT2D eigenvalue weighted by Gasteiger charge is -2.09. The lowest BCUT2D eigenvalue weighted by molar-refractivity contribution is 0.0920. The van der Waals surface area contributed by atoms with E-state index in [0.29, 0.717) is 23.3 Å². The number of nitrogens with zero attached hydrogens (tertiary/aromatic N) is 2. The highest BCUT2D eigenvalue weighted by Crippen LogP contribution is 2.37. The van der Waals surface area contributed by atoms with E-state index in [1.807, 2.05) is 13.0 Å². The van der Waals surface area contributed by atoms with E-state index in [0.717, 1.165) is 10.8 Å². The zero-order valence-electron chi connectivity index (χ0n) is 15.1. The van der Waals surface area contributed by atoms with Gasteiger partial charge >= 0.3 is 5.69 Å². The van der Waals surface area contributed by atoms with Crippen LogP contribution in [0, 0.1) is 0 Å². The summed E-state index contributed by atoms with van der Waals surface area (Å²) in [6.07, 6.45) is 0. The van der Waals surface area contributed by atoms with Crippen LogP contribution in [0.5, 0.6) is 11.8 Å². The minimum absolute atomic E-state index is 0.0263. The van der Waals surface area contributed by atoms with Gasteiger partial charge in [0, 0.05) is 30.1 Å². The standard InChI is InChI=1S/C19H14ClN5O4/c1-8-7-21-16-15-9-2-5-13(29-14-6-12(20)24-19(27)25-14)23-10(9)3-4-11(15)28-17(16)18(26)22-8/h2-6,8,21H,7H2,1H3,(H,22,26)(H,24,25,27). The Hall–Kier alpha value is -3.59. The number of hydrogen-bond donors (Lipinski definition) is 3. The SMILES string of the molecule is CC1CNc2c(oc3ccc4nc(Oc5cc(Cl)[nH]c(=O)n5)ccc4c23)C(=O)N1. The van der Waals surface area contributed by atoms with Crippen LogP contribution in [0.15, 0.2) is 39.5 Å². The number of fused-ring (bicyclic) bond motifs is 5. The average Bonchev–Trinajstić information content (AvgIpc) is 2.98. The Morgan fingerprint density at radius 1 is 1.17 bits per heavy atom. The van der Waals surface area contributed by atoms with Crippen molar-refractivity contribution in [2.24, 2.45) is 0 Å². The van der Waals surface area contributed by atoms with Gasteiger partial charge in [-0.1, -0.05) is 11.6 Å². The minimum Gasteiger partial charge on any atom is -0.449 e. The molecule has 10 heteroatoms. The maximum atomic E-state index is 12.4. The van der Waals surface area contributed by atoms with Crippen LogP contribution in [-0.2, 0) is 0 Å². The number of ether oxygens (including phenoxy) is 1. The first-order valence-electron chi connectivity index (χ1n) is 8.83. The summed E-state index contributed by atoms with van der Waals surface area (Å²) in [6, 6.07) is 8.35. The molecule has 0 fully saturated rings. The Morgan fingerprint density at radius 3 is 2.86 bits per heavy atom. The summed E-state index contributed by atoms with van der Waals surface area (Å²) < 4.78 is 11.4. The van der Waals surface area contributed by atoms with Gasteiger partial charge in [-0.25, -0.2) is 9.78 Å². The molecule has 146 valence electrons.